The molecule has 0 aromatic carbocycles. The lowest BCUT2D eigenvalue weighted by atomic mass is 9.99. The molecule has 3 aliphatic rings. The van der Waals surface area contributed by atoms with Gasteiger partial charge in [-0.3, -0.25) is 9.98 Å². The molecule has 2 saturated carbocycles. The topological polar surface area (TPSA) is 42.2 Å². The van der Waals surface area contributed by atoms with Gasteiger partial charge >= 0.3 is 0 Å². The summed E-state index contributed by atoms with van der Waals surface area (Å²) in [6.07, 6.45) is 17.5. The molecule has 2 fully saturated rings. The fraction of sp³-hybridized carbons (Fsp3) is 0.586. The predicted molar refractivity (Wildman–Crippen MR) is 138 cm³/mol. The van der Waals surface area contributed by atoms with Crippen molar-refractivity contribution >= 4 is 16.7 Å². The Labute approximate surface area is 199 Å². The number of nitrogens with one attached hydrogen (secondary N) is 1. The number of nitrogens with zero attached hydrogens (tertiary/aromatic N) is 3. The number of aryl methyl sites for hydroxylation is 1. The average Bonchev–Trinajstić information content (AvgIpc) is 3.21. The smallest absolute Gasteiger partial charge is 0.104 e. The molecule has 0 saturated heterocycles. The van der Waals surface area contributed by atoms with Gasteiger partial charge in [-0.1, -0.05) is 37.7 Å². The molecular formula is C29H38N4. The number of aliphatic imine (C=N–C) groups is 1. The fourth-order valence-corrected chi connectivity index (χ4v) is 5.29. The van der Waals surface area contributed by atoms with Gasteiger partial charge in [0.25, 0.3) is 0 Å². The van der Waals surface area contributed by atoms with Gasteiger partial charge in [0.1, 0.15) is 5.52 Å². The van der Waals surface area contributed by atoms with Crippen molar-refractivity contribution in [2.75, 3.05) is 13.1 Å². The van der Waals surface area contributed by atoms with Crippen LogP contribution in [0.5, 0.6) is 0 Å². The quantitative estimate of drug-likeness (QED) is 0.525. The van der Waals surface area contributed by atoms with E-state index in [9.17, 15) is 0 Å². The van der Waals surface area contributed by atoms with Crippen LogP contribution in [0.3, 0.4) is 0 Å². The Hall–Kier alpha value is -2.38. The van der Waals surface area contributed by atoms with E-state index in [1.54, 1.807) is 0 Å². The lowest BCUT2D eigenvalue weighted by Crippen LogP contribution is -2.30. The van der Waals surface area contributed by atoms with Crippen molar-refractivity contribution in [1.29, 1.82) is 0 Å². The van der Waals surface area contributed by atoms with Crippen molar-refractivity contribution in [2.24, 2.45) is 10.9 Å². The van der Waals surface area contributed by atoms with E-state index in [4.69, 9.17) is 9.98 Å². The molecule has 5 rings (SSSR count). The predicted octanol–water partition coefficient (Wildman–Crippen LogP) is 6.12. The number of hydrogen-bond acceptors (Lipinski definition) is 3. The van der Waals surface area contributed by atoms with Crippen molar-refractivity contribution in [3.05, 3.63) is 41.2 Å². The minimum Gasteiger partial charge on any atom is -0.334 e. The molecule has 0 bridgehead atoms. The molecule has 3 heterocycles. The zero-order valence-electron chi connectivity index (χ0n) is 20.6. The first-order valence-corrected chi connectivity index (χ1v) is 13.1. The molecule has 1 aliphatic heterocycles. The van der Waals surface area contributed by atoms with Crippen LogP contribution >= 0.6 is 0 Å². The molecule has 2 aliphatic carbocycles. The summed E-state index contributed by atoms with van der Waals surface area (Å²) >= 11 is 0. The Bertz CT molecular complexity index is 1130. The third-order valence-corrected chi connectivity index (χ3v) is 7.59. The van der Waals surface area contributed by atoms with Crippen molar-refractivity contribution in [1.82, 2.24) is 14.9 Å². The van der Waals surface area contributed by atoms with E-state index >= 15 is 0 Å². The summed E-state index contributed by atoms with van der Waals surface area (Å²) in [6.45, 7) is 8.60. The Balaban J connectivity index is 1.49. The highest BCUT2D eigenvalue weighted by Crippen LogP contribution is 2.38. The van der Waals surface area contributed by atoms with Crippen LogP contribution in [-0.4, -0.2) is 33.9 Å². The van der Waals surface area contributed by atoms with Crippen LogP contribution in [0.4, 0.5) is 0 Å². The molecular weight excluding hydrogens is 404 g/mol. The lowest BCUT2D eigenvalue weighted by Gasteiger charge is -2.21. The van der Waals surface area contributed by atoms with Crippen LogP contribution in [0, 0.1) is 24.7 Å². The molecule has 4 nitrogen and oxygen atoms in total. The number of hydrogen-bond donors (Lipinski definition) is 1. The largest absolute Gasteiger partial charge is 0.334 e. The first kappa shape index (κ1) is 22.4. The van der Waals surface area contributed by atoms with E-state index in [1.807, 2.05) is 6.20 Å². The summed E-state index contributed by atoms with van der Waals surface area (Å²) in [5.74, 6) is 7.45. The first-order chi connectivity index (χ1) is 16.1. The van der Waals surface area contributed by atoms with E-state index < -0.39 is 0 Å². The molecule has 1 unspecified atom stereocenters. The number of unbranched alkanes of at least 4 members (excludes halogenated alkanes) is 1. The second-order valence-electron chi connectivity index (χ2n) is 10.6. The minimum atomic E-state index is 0.409. The van der Waals surface area contributed by atoms with Crippen LogP contribution in [-0.2, 0) is 0 Å². The summed E-state index contributed by atoms with van der Waals surface area (Å²) in [6, 6.07) is 2.82. The Morgan fingerprint density at radius 3 is 2.76 bits per heavy atom. The molecule has 0 radical (unpaired) electrons. The third-order valence-electron chi connectivity index (χ3n) is 7.59. The molecule has 4 heteroatoms. The Kier molecular flexibility index (Phi) is 6.43. The molecule has 174 valence electrons. The van der Waals surface area contributed by atoms with Crippen LogP contribution in [0.15, 0.2) is 29.4 Å². The number of rotatable bonds is 7. The molecule has 0 spiro atoms. The van der Waals surface area contributed by atoms with E-state index in [0.29, 0.717) is 17.5 Å². The monoisotopic (exact) mass is 442 g/mol. The van der Waals surface area contributed by atoms with Crippen molar-refractivity contribution in [3.63, 3.8) is 0 Å². The van der Waals surface area contributed by atoms with Gasteiger partial charge in [0.15, 0.2) is 0 Å². The second kappa shape index (κ2) is 9.47. The maximum absolute atomic E-state index is 5.14. The van der Waals surface area contributed by atoms with Gasteiger partial charge in [0.2, 0.25) is 0 Å². The number of aromatic nitrogens is 2. The summed E-state index contributed by atoms with van der Waals surface area (Å²) in [5, 5.41) is 3.72. The summed E-state index contributed by atoms with van der Waals surface area (Å²) in [5.41, 5.74) is 7.27. The number of dihydropyridines is 1. The van der Waals surface area contributed by atoms with Gasteiger partial charge in [-0.25, -0.2) is 0 Å². The van der Waals surface area contributed by atoms with Gasteiger partial charge in [0, 0.05) is 30.7 Å². The number of pyridine rings is 1. The summed E-state index contributed by atoms with van der Waals surface area (Å²) in [7, 11) is 0. The van der Waals surface area contributed by atoms with Crippen LogP contribution < -0.4 is 5.32 Å². The van der Waals surface area contributed by atoms with Gasteiger partial charge in [-0.2, -0.15) is 0 Å². The molecule has 1 atom stereocenters. The molecule has 33 heavy (non-hydrogen) atoms. The zero-order valence-corrected chi connectivity index (χ0v) is 20.6. The maximum Gasteiger partial charge on any atom is 0.104 e. The van der Waals surface area contributed by atoms with Crippen molar-refractivity contribution in [2.45, 2.75) is 90.1 Å². The first-order valence-electron chi connectivity index (χ1n) is 13.1. The van der Waals surface area contributed by atoms with E-state index in [2.05, 4.69) is 60.7 Å². The highest BCUT2D eigenvalue weighted by molar-refractivity contribution is 6.13. The highest BCUT2D eigenvalue weighted by atomic mass is 15.1. The van der Waals surface area contributed by atoms with Gasteiger partial charge in [-0.05, 0) is 82.5 Å². The molecule has 2 aromatic rings. The van der Waals surface area contributed by atoms with Crippen molar-refractivity contribution < 1.29 is 0 Å². The fourth-order valence-electron chi connectivity index (χ4n) is 5.29. The average molecular weight is 443 g/mol. The molecule has 0 amide bonds. The molecule has 1 N–H and O–H groups in total. The van der Waals surface area contributed by atoms with Gasteiger partial charge in [0.05, 0.1) is 22.5 Å². The standard InChI is InChI=1S/C29H38N4/c1-4-5-6-11-24-27-26(18-21(2)19-31-27)33(23-9-7-8-10-23)28(24)25-13-12-22(20-30-25)14-17-32-29(3)15-16-29/h12-13,18-19,22-23,32H,4-5,7-10,14-17,20H2,1-3H3. The normalized spacial score (nSPS) is 21.8. The minimum absolute atomic E-state index is 0.409. The SMILES string of the molecule is CCCC#Cc1c(C2=NCC(CCNC3(C)CC3)C=C2)n(C2CCCC2)c2cc(C)cnc12. The van der Waals surface area contributed by atoms with Crippen LogP contribution in [0.25, 0.3) is 11.0 Å². The Morgan fingerprint density at radius 1 is 1.24 bits per heavy atom. The van der Waals surface area contributed by atoms with Crippen molar-refractivity contribution in [3.8, 4) is 11.8 Å². The third kappa shape index (κ3) is 4.80. The highest BCUT2D eigenvalue weighted by Gasteiger charge is 2.36. The summed E-state index contributed by atoms with van der Waals surface area (Å²) < 4.78 is 2.55. The summed E-state index contributed by atoms with van der Waals surface area (Å²) in [4.78, 5) is 10.0. The van der Waals surface area contributed by atoms with E-state index in [0.717, 1.165) is 49.1 Å². The number of allylic oxidation sites excluding steroid dienone is 1. The number of fused-ring (bicyclic) bond motifs is 1. The Morgan fingerprint density at radius 2 is 2.06 bits per heavy atom. The van der Waals surface area contributed by atoms with E-state index in [-0.39, 0.29) is 0 Å². The molecule has 2 aromatic heterocycles. The van der Waals surface area contributed by atoms with Gasteiger partial charge < -0.3 is 9.88 Å². The lowest BCUT2D eigenvalue weighted by molar-refractivity contribution is 0.484. The van der Waals surface area contributed by atoms with Crippen LogP contribution in [0.2, 0.25) is 0 Å². The maximum atomic E-state index is 5.14. The van der Waals surface area contributed by atoms with Crippen LogP contribution in [0.1, 0.15) is 94.5 Å². The second-order valence-corrected chi connectivity index (χ2v) is 10.6. The van der Waals surface area contributed by atoms with Gasteiger partial charge in [-0.15, -0.1) is 0 Å². The van der Waals surface area contributed by atoms with E-state index in [1.165, 1.54) is 55.3 Å². The zero-order chi connectivity index (χ0) is 22.8.